The molecule has 4 heterocycles. The van der Waals surface area contributed by atoms with Gasteiger partial charge >= 0.3 is 5.97 Å². The summed E-state index contributed by atoms with van der Waals surface area (Å²) >= 11 is 0. The van der Waals surface area contributed by atoms with Crippen molar-refractivity contribution in [2.75, 3.05) is 26.3 Å². The molecule has 11 heteroatoms. The molecule has 3 saturated heterocycles. The predicted molar refractivity (Wildman–Crippen MR) is 150 cm³/mol. The number of hydrogen-bond acceptors (Lipinski definition) is 8. The maximum Gasteiger partial charge on any atom is 0.312 e. The van der Waals surface area contributed by atoms with E-state index in [9.17, 15) is 19.5 Å². The summed E-state index contributed by atoms with van der Waals surface area (Å²) in [5.41, 5.74) is -0.542. The number of carbonyl (C=O) groups is 3. The van der Waals surface area contributed by atoms with Crippen LogP contribution in [0, 0.1) is 11.8 Å². The van der Waals surface area contributed by atoms with Crippen molar-refractivity contribution < 1.29 is 29.0 Å². The molecule has 41 heavy (non-hydrogen) atoms. The first-order chi connectivity index (χ1) is 19.9. The molecule has 2 bridgehead atoms. The van der Waals surface area contributed by atoms with Gasteiger partial charge in [0.25, 0.3) is 0 Å². The molecule has 0 saturated carbocycles. The number of rotatable bonds is 14. The van der Waals surface area contributed by atoms with Gasteiger partial charge in [0.15, 0.2) is 0 Å². The molecular formula is C30H39N5O6. The number of esters is 1. The number of hydrogen-bond donors (Lipinski definition) is 1. The lowest BCUT2D eigenvalue weighted by molar-refractivity contribution is -0.162. The second-order valence-corrected chi connectivity index (χ2v) is 11.1. The number of unbranched alkanes of at least 4 members (excludes halogenated alkanes) is 1. The Morgan fingerprint density at radius 1 is 1.24 bits per heavy atom. The topological polar surface area (TPSA) is 127 Å². The SMILES string of the molecule is C=CCCOC(=O)[C@@H]1[C@H]2C(=O)N(CCCCO)C(C(=O)N(CC=C)Cn3nnc4ccccc43)C23CC[C@@]1(CC)O3. The zero-order valence-corrected chi connectivity index (χ0v) is 23.6. The lowest BCUT2D eigenvalue weighted by Gasteiger charge is -2.36. The van der Waals surface area contributed by atoms with E-state index in [-0.39, 0.29) is 44.8 Å². The lowest BCUT2D eigenvalue weighted by atomic mass is 9.65. The summed E-state index contributed by atoms with van der Waals surface area (Å²) in [6.07, 6.45) is 6.36. The first-order valence-corrected chi connectivity index (χ1v) is 14.4. The van der Waals surface area contributed by atoms with Crippen LogP contribution >= 0.6 is 0 Å². The van der Waals surface area contributed by atoms with Crippen LogP contribution in [-0.2, 0) is 30.5 Å². The number of aliphatic hydroxyl groups is 1. The Hall–Kier alpha value is -3.57. The highest BCUT2D eigenvalue weighted by Crippen LogP contribution is 2.64. The molecule has 3 aliphatic heterocycles. The molecule has 2 unspecified atom stereocenters. The average Bonchev–Trinajstić information content (AvgIpc) is 3.70. The van der Waals surface area contributed by atoms with Gasteiger partial charge in [0.1, 0.15) is 29.7 Å². The Morgan fingerprint density at radius 3 is 2.78 bits per heavy atom. The number of aromatic nitrogens is 3. The van der Waals surface area contributed by atoms with Gasteiger partial charge in [-0.1, -0.05) is 36.4 Å². The first-order valence-electron chi connectivity index (χ1n) is 14.4. The average molecular weight is 566 g/mol. The number of carbonyl (C=O) groups excluding carboxylic acids is 3. The predicted octanol–water partition coefficient (Wildman–Crippen LogP) is 2.45. The summed E-state index contributed by atoms with van der Waals surface area (Å²) in [5.74, 6) is -2.66. The summed E-state index contributed by atoms with van der Waals surface area (Å²) in [4.78, 5) is 45.4. The Kier molecular flexibility index (Phi) is 8.28. The number of fused-ring (bicyclic) bond motifs is 2. The van der Waals surface area contributed by atoms with E-state index in [1.165, 1.54) is 0 Å². The lowest BCUT2D eigenvalue weighted by Crippen LogP contribution is -2.56. The summed E-state index contributed by atoms with van der Waals surface area (Å²) in [6.45, 7) is 10.2. The highest BCUT2D eigenvalue weighted by Gasteiger charge is 2.79. The van der Waals surface area contributed by atoms with E-state index in [1.54, 1.807) is 26.6 Å². The van der Waals surface area contributed by atoms with Crippen LogP contribution in [0.5, 0.6) is 0 Å². The van der Waals surface area contributed by atoms with Crippen molar-refractivity contribution in [2.45, 2.75) is 69.4 Å². The van der Waals surface area contributed by atoms with Crippen molar-refractivity contribution in [1.29, 1.82) is 0 Å². The Balaban J connectivity index is 1.52. The summed E-state index contributed by atoms with van der Waals surface area (Å²) in [5, 5.41) is 17.9. The smallest absolute Gasteiger partial charge is 0.312 e. The molecule has 0 aliphatic carbocycles. The fraction of sp³-hybridized carbons (Fsp3) is 0.567. The number of amides is 2. The zero-order chi connectivity index (χ0) is 29.2. The van der Waals surface area contributed by atoms with Crippen molar-refractivity contribution in [3.8, 4) is 0 Å². The zero-order valence-electron chi connectivity index (χ0n) is 23.6. The molecule has 2 aromatic rings. The van der Waals surface area contributed by atoms with Gasteiger partial charge in [-0.15, -0.1) is 18.3 Å². The van der Waals surface area contributed by atoms with Crippen LogP contribution in [0.4, 0.5) is 0 Å². The molecule has 3 fully saturated rings. The number of benzene rings is 1. The van der Waals surface area contributed by atoms with E-state index < -0.39 is 35.0 Å². The molecule has 1 aromatic heterocycles. The van der Waals surface area contributed by atoms with Gasteiger partial charge in [-0.05, 0) is 50.7 Å². The van der Waals surface area contributed by atoms with Gasteiger partial charge in [-0.25, -0.2) is 4.68 Å². The minimum atomic E-state index is -1.16. The number of likely N-dealkylation sites (tertiary alicyclic amines) is 1. The highest BCUT2D eigenvalue weighted by atomic mass is 16.6. The second-order valence-electron chi connectivity index (χ2n) is 11.1. The van der Waals surface area contributed by atoms with Crippen molar-refractivity contribution >= 4 is 28.8 Å². The van der Waals surface area contributed by atoms with Crippen LogP contribution in [0.25, 0.3) is 11.0 Å². The van der Waals surface area contributed by atoms with Crippen LogP contribution in [-0.4, -0.2) is 91.2 Å². The Bertz CT molecular complexity index is 1330. The third-order valence-corrected chi connectivity index (χ3v) is 8.93. The quantitative estimate of drug-likeness (QED) is 0.210. The van der Waals surface area contributed by atoms with Crippen LogP contribution in [0.1, 0.15) is 45.4 Å². The largest absolute Gasteiger partial charge is 0.465 e. The van der Waals surface area contributed by atoms with Gasteiger partial charge in [0, 0.05) is 19.7 Å². The number of nitrogens with zero attached hydrogens (tertiary/aromatic N) is 5. The van der Waals surface area contributed by atoms with Gasteiger partial charge in [0.2, 0.25) is 11.8 Å². The molecule has 5 rings (SSSR count). The van der Waals surface area contributed by atoms with E-state index >= 15 is 0 Å². The fourth-order valence-electron chi connectivity index (χ4n) is 7.05. The highest BCUT2D eigenvalue weighted by molar-refractivity contribution is 5.98. The minimum Gasteiger partial charge on any atom is -0.465 e. The van der Waals surface area contributed by atoms with Gasteiger partial charge in [0.05, 0.1) is 23.6 Å². The van der Waals surface area contributed by atoms with Crippen LogP contribution in [0.15, 0.2) is 49.6 Å². The molecule has 11 nitrogen and oxygen atoms in total. The molecule has 1 spiro atoms. The second kappa shape index (κ2) is 11.7. The van der Waals surface area contributed by atoms with E-state index in [4.69, 9.17) is 9.47 Å². The van der Waals surface area contributed by atoms with E-state index in [2.05, 4.69) is 23.5 Å². The third-order valence-electron chi connectivity index (χ3n) is 8.93. The van der Waals surface area contributed by atoms with Crippen LogP contribution < -0.4 is 0 Å². The number of aliphatic hydroxyl groups excluding tert-OH is 1. The molecule has 1 N–H and O–H groups in total. The summed E-state index contributed by atoms with van der Waals surface area (Å²) in [7, 11) is 0. The molecule has 2 amide bonds. The maximum atomic E-state index is 14.6. The number of ether oxygens (including phenoxy) is 2. The number of para-hydroxylation sites is 1. The van der Waals surface area contributed by atoms with Crippen LogP contribution in [0.2, 0.25) is 0 Å². The van der Waals surface area contributed by atoms with E-state index in [1.807, 2.05) is 31.2 Å². The van der Waals surface area contributed by atoms with Crippen molar-refractivity contribution in [2.24, 2.45) is 11.8 Å². The summed E-state index contributed by atoms with van der Waals surface area (Å²) in [6, 6.07) is 6.55. The van der Waals surface area contributed by atoms with Crippen molar-refractivity contribution in [1.82, 2.24) is 24.8 Å². The third kappa shape index (κ3) is 4.74. The molecule has 3 aliphatic rings. The molecule has 1 aromatic carbocycles. The Labute approximate surface area is 239 Å². The molecular weight excluding hydrogens is 526 g/mol. The molecule has 5 atom stereocenters. The minimum absolute atomic E-state index is 0.0229. The normalized spacial score (nSPS) is 28.2. The Morgan fingerprint density at radius 2 is 2.05 bits per heavy atom. The van der Waals surface area contributed by atoms with E-state index in [0.717, 1.165) is 5.52 Å². The van der Waals surface area contributed by atoms with Gasteiger partial charge in [-0.3, -0.25) is 14.4 Å². The standard InChI is InChI=1S/C30H39N5O6/c1-4-7-19-40-28(39)24-23-26(37)34(17-10-11-18-36)25(30(23)15-14-29(24,6-3)41-30)27(38)33(16-5-2)20-35-22-13-9-8-12-21(22)31-32-35/h4-5,8-9,12-13,23-25,36H,1-2,6-7,10-11,14-20H2,3H3/t23-,24-,25?,29+,30?/m0/s1. The van der Waals surface area contributed by atoms with E-state index in [0.29, 0.717) is 44.0 Å². The van der Waals surface area contributed by atoms with Gasteiger partial charge < -0.3 is 24.4 Å². The van der Waals surface area contributed by atoms with Gasteiger partial charge in [-0.2, -0.15) is 0 Å². The van der Waals surface area contributed by atoms with Crippen molar-refractivity contribution in [3.05, 3.63) is 49.6 Å². The maximum absolute atomic E-state index is 14.6. The monoisotopic (exact) mass is 565 g/mol. The fourth-order valence-corrected chi connectivity index (χ4v) is 7.05. The first kappa shape index (κ1) is 28.9. The summed E-state index contributed by atoms with van der Waals surface area (Å²) < 4.78 is 14.1. The van der Waals surface area contributed by atoms with Crippen molar-refractivity contribution in [3.63, 3.8) is 0 Å². The molecule has 0 radical (unpaired) electrons. The van der Waals surface area contributed by atoms with Crippen LogP contribution in [0.3, 0.4) is 0 Å². The molecule has 220 valence electrons.